The summed E-state index contributed by atoms with van der Waals surface area (Å²) in [5, 5.41) is 4.63. The van der Waals surface area contributed by atoms with Gasteiger partial charge in [-0.2, -0.15) is 0 Å². The van der Waals surface area contributed by atoms with Crippen molar-refractivity contribution in [2.24, 2.45) is 5.41 Å². The SMILES string of the molecule is CC(C)N[C@H](Cc1c[nH]c2ccccc12)C(=O)C(C)(C)C. The molecule has 0 saturated heterocycles. The van der Waals surface area contributed by atoms with Crippen molar-refractivity contribution in [2.75, 3.05) is 0 Å². The first kappa shape index (κ1) is 15.8. The Morgan fingerprint density at radius 2 is 1.90 bits per heavy atom. The molecular weight excluding hydrogens is 260 g/mol. The van der Waals surface area contributed by atoms with Gasteiger partial charge in [0.25, 0.3) is 0 Å². The molecule has 3 heteroatoms. The number of hydrogen-bond donors (Lipinski definition) is 2. The molecule has 0 amide bonds. The number of fused-ring (bicyclic) bond motifs is 1. The number of nitrogens with one attached hydrogen (secondary N) is 2. The zero-order valence-electron chi connectivity index (χ0n) is 13.7. The number of Topliss-reactive ketones (excluding diaryl/α,β-unsaturated/α-hetero) is 1. The highest BCUT2D eigenvalue weighted by Gasteiger charge is 2.30. The number of aromatic amines is 1. The van der Waals surface area contributed by atoms with E-state index in [-0.39, 0.29) is 23.3 Å². The Labute approximate surface area is 127 Å². The lowest BCUT2D eigenvalue weighted by Crippen LogP contribution is -2.47. The van der Waals surface area contributed by atoms with Crippen LogP contribution in [0.25, 0.3) is 10.9 Å². The van der Waals surface area contributed by atoms with Gasteiger partial charge in [-0.25, -0.2) is 0 Å². The van der Waals surface area contributed by atoms with Gasteiger partial charge < -0.3 is 10.3 Å². The van der Waals surface area contributed by atoms with Gasteiger partial charge in [0.1, 0.15) is 0 Å². The van der Waals surface area contributed by atoms with Gasteiger partial charge in [0.2, 0.25) is 0 Å². The van der Waals surface area contributed by atoms with Crippen molar-refractivity contribution in [3.8, 4) is 0 Å². The standard InChI is InChI=1S/C18H26N2O/c1-12(2)20-16(17(21)18(3,4)5)10-13-11-19-15-9-7-6-8-14(13)15/h6-9,11-12,16,19-20H,10H2,1-5H3/t16-/m1/s1. The van der Waals surface area contributed by atoms with Gasteiger partial charge in [0.15, 0.2) is 5.78 Å². The highest BCUT2D eigenvalue weighted by molar-refractivity contribution is 5.90. The average molecular weight is 286 g/mol. The molecule has 1 atom stereocenters. The number of hydrogen-bond acceptors (Lipinski definition) is 2. The van der Waals surface area contributed by atoms with E-state index in [0.29, 0.717) is 0 Å². The minimum Gasteiger partial charge on any atom is -0.361 e. The van der Waals surface area contributed by atoms with E-state index in [1.54, 1.807) is 0 Å². The summed E-state index contributed by atoms with van der Waals surface area (Å²) in [5.41, 5.74) is 1.99. The Hall–Kier alpha value is -1.61. The minimum atomic E-state index is -0.335. The third-order valence-electron chi connectivity index (χ3n) is 3.69. The third-order valence-corrected chi connectivity index (χ3v) is 3.69. The van der Waals surface area contributed by atoms with Crippen molar-refractivity contribution in [1.29, 1.82) is 0 Å². The highest BCUT2D eigenvalue weighted by atomic mass is 16.1. The molecule has 0 saturated carbocycles. The number of benzene rings is 1. The number of para-hydroxylation sites is 1. The van der Waals surface area contributed by atoms with E-state index in [9.17, 15) is 4.79 Å². The molecule has 0 aliphatic rings. The summed E-state index contributed by atoms with van der Waals surface area (Å²) in [5.74, 6) is 0.265. The summed E-state index contributed by atoms with van der Waals surface area (Å²) in [4.78, 5) is 16.0. The van der Waals surface area contributed by atoms with Gasteiger partial charge in [-0.05, 0) is 18.1 Å². The quantitative estimate of drug-likeness (QED) is 0.880. The molecule has 3 nitrogen and oxygen atoms in total. The summed E-state index contributed by atoms with van der Waals surface area (Å²) in [6.45, 7) is 10.1. The van der Waals surface area contributed by atoms with Crippen LogP contribution in [0, 0.1) is 5.41 Å². The molecule has 0 unspecified atom stereocenters. The van der Waals surface area contributed by atoms with Gasteiger partial charge in [-0.1, -0.05) is 52.8 Å². The number of ketones is 1. The summed E-state index contributed by atoms with van der Waals surface area (Å²) in [6, 6.07) is 8.36. The second-order valence-corrected chi connectivity index (χ2v) is 7.05. The molecule has 2 N–H and O–H groups in total. The monoisotopic (exact) mass is 286 g/mol. The molecule has 1 aromatic carbocycles. The fourth-order valence-corrected chi connectivity index (χ4v) is 2.67. The van der Waals surface area contributed by atoms with Gasteiger partial charge in [0.05, 0.1) is 6.04 Å². The largest absolute Gasteiger partial charge is 0.361 e. The zero-order valence-corrected chi connectivity index (χ0v) is 13.7. The van der Waals surface area contributed by atoms with Crippen LogP contribution in [0.4, 0.5) is 0 Å². The molecule has 0 bridgehead atoms. The molecule has 21 heavy (non-hydrogen) atoms. The van der Waals surface area contributed by atoms with Crippen LogP contribution in [0.1, 0.15) is 40.2 Å². The van der Waals surface area contributed by atoms with Crippen molar-refractivity contribution < 1.29 is 4.79 Å². The summed E-state index contributed by atoms with van der Waals surface area (Å²) in [7, 11) is 0. The van der Waals surface area contributed by atoms with Crippen molar-refractivity contribution in [3.05, 3.63) is 36.0 Å². The van der Waals surface area contributed by atoms with Crippen LogP contribution >= 0.6 is 0 Å². The smallest absolute Gasteiger partial charge is 0.155 e. The Kier molecular flexibility index (Phi) is 4.52. The first-order valence-corrected chi connectivity index (χ1v) is 7.64. The maximum absolute atomic E-state index is 12.7. The predicted octanol–water partition coefficient (Wildman–Crippen LogP) is 3.69. The van der Waals surface area contributed by atoms with E-state index in [2.05, 4.69) is 36.3 Å². The molecule has 0 radical (unpaired) electrons. The van der Waals surface area contributed by atoms with Crippen LogP contribution in [0.5, 0.6) is 0 Å². The van der Waals surface area contributed by atoms with Gasteiger partial charge in [0, 0.05) is 28.6 Å². The molecule has 1 aromatic heterocycles. The fourth-order valence-electron chi connectivity index (χ4n) is 2.67. The van der Waals surface area contributed by atoms with Crippen molar-refractivity contribution in [3.63, 3.8) is 0 Å². The van der Waals surface area contributed by atoms with E-state index in [0.717, 1.165) is 11.9 Å². The molecule has 0 fully saturated rings. The lowest BCUT2D eigenvalue weighted by Gasteiger charge is -2.27. The lowest BCUT2D eigenvalue weighted by atomic mass is 9.84. The molecule has 1 heterocycles. The van der Waals surface area contributed by atoms with E-state index in [1.807, 2.05) is 39.1 Å². The van der Waals surface area contributed by atoms with E-state index < -0.39 is 0 Å². The second-order valence-electron chi connectivity index (χ2n) is 7.05. The van der Waals surface area contributed by atoms with Crippen molar-refractivity contribution >= 4 is 16.7 Å². The average Bonchev–Trinajstić information content (AvgIpc) is 2.79. The van der Waals surface area contributed by atoms with Crippen LogP contribution in [0.3, 0.4) is 0 Å². The maximum atomic E-state index is 12.7. The topological polar surface area (TPSA) is 44.9 Å². The van der Waals surface area contributed by atoms with Crippen LogP contribution in [0.2, 0.25) is 0 Å². The van der Waals surface area contributed by atoms with E-state index in [4.69, 9.17) is 0 Å². The first-order valence-electron chi connectivity index (χ1n) is 7.64. The predicted molar refractivity (Wildman–Crippen MR) is 88.5 cm³/mol. The van der Waals surface area contributed by atoms with Gasteiger partial charge in [-0.3, -0.25) is 4.79 Å². The fraction of sp³-hybridized carbons (Fsp3) is 0.500. The molecule has 0 aliphatic heterocycles. The van der Waals surface area contributed by atoms with Gasteiger partial charge in [-0.15, -0.1) is 0 Å². The Bertz CT molecular complexity index is 619. The zero-order chi connectivity index (χ0) is 15.6. The number of carbonyl (C=O) groups excluding carboxylic acids is 1. The summed E-state index contributed by atoms with van der Waals surface area (Å²) >= 11 is 0. The second kappa shape index (κ2) is 6.02. The minimum absolute atomic E-state index is 0.149. The summed E-state index contributed by atoms with van der Waals surface area (Å²) < 4.78 is 0. The molecule has 0 aliphatic carbocycles. The number of rotatable bonds is 5. The van der Waals surface area contributed by atoms with E-state index >= 15 is 0 Å². The number of carbonyl (C=O) groups is 1. The first-order chi connectivity index (χ1) is 9.79. The molecule has 0 spiro atoms. The van der Waals surface area contributed by atoms with Gasteiger partial charge >= 0.3 is 0 Å². The number of aromatic nitrogens is 1. The Morgan fingerprint density at radius 1 is 1.24 bits per heavy atom. The van der Waals surface area contributed by atoms with Crippen LogP contribution in [-0.2, 0) is 11.2 Å². The summed E-state index contributed by atoms with van der Waals surface area (Å²) in [6.07, 6.45) is 2.74. The normalized spacial score (nSPS) is 13.8. The molecule has 2 rings (SSSR count). The van der Waals surface area contributed by atoms with Crippen LogP contribution in [-0.4, -0.2) is 22.9 Å². The Balaban J connectivity index is 2.28. The lowest BCUT2D eigenvalue weighted by molar-refractivity contribution is -0.128. The maximum Gasteiger partial charge on any atom is 0.155 e. The molecule has 114 valence electrons. The highest BCUT2D eigenvalue weighted by Crippen LogP contribution is 2.23. The van der Waals surface area contributed by atoms with Crippen LogP contribution in [0.15, 0.2) is 30.5 Å². The molecular formula is C18H26N2O. The van der Waals surface area contributed by atoms with Crippen LogP contribution < -0.4 is 5.32 Å². The molecule has 2 aromatic rings. The van der Waals surface area contributed by atoms with Crippen molar-refractivity contribution in [1.82, 2.24) is 10.3 Å². The Morgan fingerprint density at radius 3 is 2.52 bits per heavy atom. The van der Waals surface area contributed by atoms with Crippen molar-refractivity contribution in [2.45, 2.75) is 53.1 Å². The van der Waals surface area contributed by atoms with E-state index in [1.165, 1.54) is 10.9 Å². The third kappa shape index (κ3) is 3.73. The number of H-pyrrole nitrogens is 1.